The van der Waals surface area contributed by atoms with Gasteiger partial charge in [0.25, 0.3) is 0 Å². The minimum atomic E-state index is -1.22. The van der Waals surface area contributed by atoms with Crippen LogP contribution in [0.4, 0.5) is 19.2 Å². The molecular formula is C65H108N12O13. The first-order valence-electron chi connectivity index (χ1n) is 33.1. The summed E-state index contributed by atoms with van der Waals surface area (Å²) in [6, 6.07) is 10.1. The zero-order valence-electron chi connectivity index (χ0n) is 54.1. The number of piperidine rings is 4. The molecule has 3 unspecified atom stereocenters. The molecule has 8 rings (SSSR count). The third kappa shape index (κ3) is 25.3. The zero-order chi connectivity index (χ0) is 65.0. The number of Topliss-reactive ketones (excluding diaryl/α,β-unsaturated/α-hetero) is 1. The third-order valence-corrected chi connectivity index (χ3v) is 18.3. The predicted molar refractivity (Wildman–Crippen MR) is 336 cm³/mol. The molecule has 0 saturated carbocycles. The Bertz CT molecular complexity index is 2360. The molecule has 8 saturated heterocycles. The van der Waals surface area contributed by atoms with E-state index in [9.17, 15) is 49.2 Å². The second-order valence-electron chi connectivity index (χ2n) is 24.0. The number of ether oxygens (including phenoxy) is 5. The number of ketones is 1. The molecule has 8 heterocycles. The van der Waals surface area contributed by atoms with Gasteiger partial charge in [0.15, 0.2) is 10.8 Å². The number of carboxylic acid groups (broad SMARTS) is 1. The van der Waals surface area contributed by atoms with Crippen molar-refractivity contribution in [2.75, 3.05) is 138 Å². The van der Waals surface area contributed by atoms with E-state index in [1.165, 1.54) is 0 Å². The van der Waals surface area contributed by atoms with Crippen LogP contribution in [0.3, 0.4) is 0 Å². The number of nitriles is 4. The van der Waals surface area contributed by atoms with Crippen LogP contribution in [-0.4, -0.2) is 237 Å². The fourth-order valence-electron chi connectivity index (χ4n) is 12.8. The van der Waals surface area contributed by atoms with Crippen molar-refractivity contribution < 1.29 is 62.4 Å². The van der Waals surface area contributed by atoms with Gasteiger partial charge in [-0.15, -0.1) is 0 Å². The highest BCUT2D eigenvalue weighted by molar-refractivity contribution is 5.81. The van der Waals surface area contributed by atoms with Crippen LogP contribution in [0.25, 0.3) is 0 Å². The molecule has 0 aliphatic carbocycles. The lowest BCUT2D eigenvalue weighted by atomic mass is 9.79. The fraction of sp³-hybridized carbons (Fsp3) is 0.831. The number of nitrogens with zero attached hydrogens (tertiary/aromatic N) is 11. The summed E-state index contributed by atoms with van der Waals surface area (Å²) >= 11 is 0. The van der Waals surface area contributed by atoms with Crippen molar-refractivity contribution in [3.8, 4) is 24.3 Å². The van der Waals surface area contributed by atoms with Crippen molar-refractivity contribution in [1.29, 1.82) is 21.0 Å². The molecule has 0 spiro atoms. The normalized spacial score (nSPS) is 23.5. The monoisotopic (exact) mass is 1260 g/mol. The highest BCUT2D eigenvalue weighted by Gasteiger charge is 2.45. The first-order valence-corrected chi connectivity index (χ1v) is 33.1. The maximum absolute atomic E-state index is 12.1. The SMILES string of the molecule is C.CCOC(=O)N1CCCC(=O)CC1.CCOC(=O)N1CCCC(N2CCC(C#N)(C(=O)O)CC2)CC1.CCOC(=O)N1CCCC(N2CCC(C#N)(C(=O)OCC)CC2)CC1.CCOC(=O)N1CCCC(N2CCC(C#N)CC2)CC1.N#CC1CCNCC1. The fourth-order valence-corrected chi connectivity index (χ4v) is 12.8. The second-order valence-corrected chi connectivity index (χ2v) is 24.0. The van der Waals surface area contributed by atoms with Crippen LogP contribution in [0.15, 0.2) is 0 Å². The van der Waals surface area contributed by atoms with Crippen molar-refractivity contribution in [3.63, 3.8) is 0 Å². The molecule has 8 fully saturated rings. The Morgan fingerprint density at radius 3 is 1.13 bits per heavy atom. The van der Waals surface area contributed by atoms with Gasteiger partial charge in [-0.25, -0.2) is 19.2 Å². The minimum absolute atomic E-state index is 0. The summed E-state index contributed by atoms with van der Waals surface area (Å²) in [4.78, 5) is 95.4. The average molecular weight is 1270 g/mol. The summed E-state index contributed by atoms with van der Waals surface area (Å²) < 4.78 is 25.2. The number of aliphatic carboxylic acids is 1. The molecule has 0 radical (unpaired) electrons. The topological polar surface area (TPSA) is 316 Å². The number of amides is 4. The predicted octanol–water partition coefficient (Wildman–Crippen LogP) is 8.43. The number of carbonyl (C=O) groups excluding carboxylic acids is 6. The molecule has 0 aromatic carbocycles. The van der Waals surface area contributed by atoms with Crippen molar-refractivity contribution in [2.45, 2.75) is 189 Å². The van der Waals surface area contributed by atoms with Gasteiger partial charge in [-0.1, -0.05) is 7.43 Å². The number of rotatable bonds is 10. The maximum Gasteiger partial charge on any atom is 0.409 e. The van der Waals surface area contributed by atoms with Crippen molar-refractivity contribution >= 4 is 42.1 Å². The number of hydrogen-bond donors (Lipinski definition) is 2. The Morgan fingerprint density at radius 1 is 0.444 bits per heavy atom. The van der Waals surface area contributed by atoms with Crippen LogP contribution in [0, 0.1) is 68.0 Å². The third-order valence-electron chi connectivity index (χ3n) is 18.3. The van der Waals surface area contributed by atoms with Crippen molar-refractivity contribution in [1.82, 2.24) is 39.6 Å². The number of carbonyl (C=O) groups is 7. The number of hydrogen-bond acceptors (Lipinski definition) is 20. The van der Waals surface area contributed by atoms with E-state index < -0.39 is 16.8 Å². The van der Waals surface area contributed by atoms with E-state index in [1.807, 2.05) is 24.8 Å². The summed E-state index contributed by atoms with van der Waals surface area (Å²) in [6.45, 7) is 23.3. The summed E-state index contributed by atoms with van der Waals surface area (Å²) in [5.41, 5.74) is -2.22. The molecule has 8 aliphatic rings. The van der Waals surface area contributed by atoms with Gasteiger partial charge in [0.05, 0.1) is 57.3 Å². The maximum atomic E-state index is 12.1. The van der Waals surface area contributed by atoms with Crippen LogP contribution in [0.5, 0.6) is 0 Å². The van der Waals surface area contributed by atoms with E-state index in [1.54, 1.807) is 35.5 Å². The smallest absolute Gasteiger partial charge is 0.409 e. The molecule has 0 aromatic heterocycles. The first kappa shape index (κ1) is 77.7. The molecule has 0 aromatic rings. The van der Waals surface area contributed by atoms with Crippen LogP contribution in [0.2, 0.25) is 0 Å². The Morgan fingerprint density at radius 2 is 0.789 bits per heavy atom. The highest BCUT2D eigenvalue weighted by atomic mass is 16.6. The van der Waals surface area contributed by atoms with Crippen LogP contribution >= 0.6 is 0 Å². The van der Waals surface area contributed by atoms with Gasteiger partial charge in [0, 0.05) is 121 Å². The van der Waals surface area contributed by atoms with Gasteiger partial charge < -0.3 is 68.4 Å². The lowest BCUT2D eigenvalue weighted by Crippen LogP contribution is -2.48. The highest BCUT2D eigenvalue weighted by Crippen LogP contribution is 2.36. The lowest BCUT2D eigenvalue weighted by molar-refractivity contribution is -0.154. The molecule has 506 valence electrons. The zero-order valence-corrected chi connectivity index (χ0v) is 54.1. The Labute approximate surface area is 536 Å². The second kappa shape index (κ2) is 42.5. The van der Waals surface area contributed by atoms with Crippen LogP contribution in [-0.2, 0) is 38.1 Å². The molecular weight excluding hydrogens is 1160 g/mol. The van der Waals surface area contributed by atoms with Gasteiger partial charge >= 0.3 is 36.3 Å². The quantitative estimate of drug-likeness (QED) is 0.153. The Balaban J connectivity index is 0.000000305. The number of nitrogens with one attached hydrogen (secondary N) is 1. The van der Waals surface area contributed by atoms with Gasteiger partial charge in [0.2, 0.25) is 0 Å². The summed E-state index contributed by atoms with van der Waals surface area (Å²) in [6.07, 6.45) is 15.6. The molecule has 25 heteroatoms. The summed E-state index contributed by atoms with van der Waals surface area (Å²) in [5.74, 6) is -0.573. The molecule has 3 atom stereocenters. The van der Waals surface area contributed by atoms with Crippen molar-refractivity contribution in [2.24, 2.45) is 22.7 Å². The molecule has 90 heavy (non-hydrogen) atoms. The number of esters is 1. The van der Waals surface area contributed by atoms with Crippen molar-refractivity contribution in [3.05, 3.63) is 0 Å². The molecule has 8 aliphatic heterocycles. The minimum Gasteiger partial charge on any atom is -0.480 e. The summed E-state index contributed by atoms with van der Waals surface area (Å²) in [7, 11) is 0. The van der Waals surface area contributed by atoms with E-state index in [0.717, 1.165) is 149 Å². The average Bonchev–Trinajstić information content (AvgIpc) is 1.39. The number of likely N-dealkylation sites (tertiary alicyclic amines) is 7. The Kier molecular flexibility index (Phi) is 36.7. The van der Waals surface area contributed by atoms with Crippen LogP contribution < -0.4 is 5.32 Å². The van der Waals surface area contributed by atoms with Gasteiger partial charge in [-0.2, -0.15) is 21.0 Å². The molecule has 0 bridgehead atoms. The standard InChI is InChI=1S/C18H29N3O4.C16H25N3O4.C15H25N3O2.C9H15NO3.C6H10N2.CH4/c1-3-24-16(22)18(14-19)8-12-20(13-9-18)15-6-5-10-21(11-7-15)17(23)25-4-2;1-2-23-15(22)19-8-3-4-13(5-9-19)18-10-6-16(12-17,7-11-18)14(20)21;1-2-20-15(19)18-8-3-4-14(7-11-18)17-9-5-13(12-16)6-10-17;1-2-13-9(12)10-6-3-4-8(11)5-7-10;7-5-6-1-3-8-4-2-6;/h15H,3-13H2,1-2H3;13H,2-11H2,1H3,(H,20,21);13-14H,2-11H2,1H3;2-7H2,1H3;6,8H,1-4H2;1H4. The van der Waals surface area contributed by atoms with E-state index in [-0.39, 0.29) is 49.5 Å². The van der Waals surface area contributed by atoms with E-state index >= 15 is 0 Å². The number of carboxylic acids is 1. The first-order chi connectivity index (χ1) is 43.0. The largest absolute Gasteiger partial charge is 0.480 e. The van der Waals surface area contributed by atoms with E-state index in [0.29, 0.717) is 141 Å². The summed E-state index contributed by atoms with van der Waals surface area (Å²) in [5, 5.41) is 48.5. The molecule has 4 amide bonds. The molecule has 25 nitrogen and oxygen atoms in total. The lowest BCUT2D eigenvalue weighted by Gasteiger charge is -2.39. The van der Waals surface area contributed by atoms with E-state index in [2.05, 4.69) is 38.2 Å². The molecule has 2 N–H and O–H groups in total. The Hall–Kier alpha value is -6.51. The van der Waals surface area contributed by atoms with E-state index in [4.69, 9.17) is 34.2 Å². The van der Waals surface area contributed by atoms with Gasteiger partial charge in [-0.05, 0) is 176 Å². The van der Waals surface area contributed by atoms with Gasteiger partial charge in [-0.3, -0.25) is 14.4 Å². The van der Waals surface area contributed by atoms with Crippen LogP contribution in [0.1, 0.15) is 170 Å². The van der Waals surface area contributed by atoms with Gasteiger partial charge in [0.1, 0.15) is 5.78 Å².